The topological polar surface area (TPSA) is 51.6 Å². The molecule has 4 aromatic heterocycles. The Morgan fingerprint density at radius 3 is 1.78 bits per heavy atom. The molecule has 0 aliphatic carbocycles. The Kier molecular flexibility index (Phi) is 10.3. The van der Waals surface area contributed by atoms with Crippen molar-refractivity contribution in [1.82, 2.24) is 17.5 Å². The summed E-state index contributed by atoms with van der Waals surface area (Å²) in [6, 6.07) is 11.2. The first-order valence-corrected chi connectivity index (χ1v) is 26.1. The van der Waals surface area contributed by atoms with E-state index in [0.717, 1.165) is 39.4 Å². The van der Waals surface area contributed by atoms with Crippen LogP contribution in [0, 0.1) is 11.6 Å². The van der Waals surface area contributed by atoms with Gasteiger partial charge in [0.05, 0.1) is 32.4 Å². The first-order chi connectivity index (χ1) is 17.6. The molecule has 2 aromatic carbocycles. The second-order valence-electron chi connectivity index (χ2n) is 8.50. The molecule has 0 N–H and O–H groups in total. The summed E-state index contributed by atoms with van der Waals surface area (Å²) in [4.78, 5) is 8.34. The van der Waals surface area contributed by atoms with Gasteiger partial charge in [-0.05, 0) is 71.4 Å². The summed E-state index contributed by atoms with van der Waals surface area (Å²) in [7, 11) is 0. The SMILES string of the molecule is Fc1cc(-c2cccs2)c2nsnc2c1Br.Fc1cc(Br)c2nsnc2c1Br.[CH3][Sn]([CH3])([CH3])[c]1cccs1. The molecule has 0 saturated carbocycles. The normalized spacial score (nSPS) is 11.2. The molecule has 0 radical (unpaired) electrons. The van der Waals surface area contributed by atoms with Crippen LogP contribution in [0.4, 0.5) is 8.78 Å². The molecule has 192 valence electrons. The van der Waals surface area contributed by atoms with E-state index in [2.05, 4.69) is 97.6 Å². The molecule has 0 aliphatic rings. The summed E-state index contributed by atoms with van der Waals surface area (Å²) in [6.07, 6.45) is 0. The van der Waals surface area contributed by atoms with Crippen molar-refractivity contribution in [2.45, 2.75) is 14.8 Å². The van der Waals surface area contributed by atoms with E-state index in [9.17, 15) is 8.78 Å². The number of hydrogen-bond acceptors (Lipinski definition) is 8. The van der Waals surface area contributed by atoms with Crippen LogP contribution in [0.1, 0.15) is 0 Å². The molecule has 6 aromatic rings. The van der Waals surface area contributed by atoms with E-state index in [0.29, 0.717) is 30.0 Å². The molecule has 4 heterocycles. The first kappa shape index (κ1) is 29.6. The van der Waals surface area contributed by atoms with Crippen molar-refractivity contribution >= 4 is 137 Å². The van der Waals surface area contributed by atoms with Crippen molar-refractivity contribution in [1.29, 1.82) is 0 Å². The summed E-state index contributed by atoms with van der Waals surface area (Å²) in [6.45, 7) is 0. The second kappa shape index (κ2) is 12.8. The summed E-state index contributed by atoms with van der Waals surface area (Å²) in [5.74, 6) is -0.634. The van der Waals surface area contributed by atoms with Gasteiger partial charge in [-0.3, -0.25) is 0 Å². The Morgan fingerprint density at radius 2 is 1.24 bits per heavy atom. The number of aromatic nitrogens is 4. The van der Waals surface area contributed by atoms with Gasteiger partial charge < -0.3 is 0 Å². The van der Waals surface area contributed by atoms with Gasteiger partial charge in [-0.2, -0.15) is 17.5 Å². The molecule has 0 unspecified atom stereocenters. The fraction of sp³-hybridized carbons (Fsp3) is 0.130. The van der Waals surface area contributed by atoms with Crippen LogP contribution in [-0.2, 0) is 0 Å². The van der Waals surface area contributed by atoms with E-state index in [-0.39, 0.29) is 11.6 Å². The minimum absolute atomic E-state index is 0.302. The van der Waals surface area contributed by atoms with Crippen molar-refractivity contribution in [3.63, 3.8) is 0 Å². The Balaban J connectivity index is 0.000000136. The molecule has 4 nitrogen and oxygen atoms in total. The number of hydrogen-bond donors (Lipinski definition) is 0. The molecular formula is C23H17Br3F2N4S4Sn. The van der Waals surface area contributed by atoms with E-state index < -0.39 is 18.4 Å². The minimum atomic E-state index is -1.63. The van der Waals surface area contributed by atoms with Crippen molar-refractivity contribution in [2.24, 2.45) is 0 Å². The van der Waals surface area contributed by atoms with Crippen LogP contribution in [0.15, 0.2) is 60.6 Å². The van der Waals surface area contributed by atoms with Gasteiger partial charge in [-0.1, -0.05) is 6.07 Å². The molecule has 14 heteroatoms. The van der Waals surface area contributed by atoms with Crippen LogP contribution in [0.2, 0.25) is 14.8 Å². The fourth-order valence-corrected chi connectivity index (χ4v) is 12.7. The second-order valence-corrected chi connectivity index (χ2v) is 29.3. The van der Waals surface area contributed by atoms with Crippen molar-refractivity contribution in [2.75, 3.05) is 0 Å². The number of halogens is 5. The summed E-state index contributed by atoms with van der Waals surface area (Å²) < 4.78 is 46.1. The van der Waals surface area contributed by atoms with Gasteiger partial charge in [0.1, 0.15) is 33.7 Å². The number of thiophene rings is 2. The van der Waals surface area contributed by atoms with Gasteiger partial charge >= 0.3 is 64.9 Å². The maximum atomic E-state index is 13.7. The molecule has 0 atom stereocenters. The van der Waals surface area contributed by atoms with E-state index >= 15 is 0 Å². The summed E-state index contributed by atoms with van der Waals surface area (Å²) in [5, 5.41) is 4.14. The Hall–Kier alpha value is -0.421. The Labute approximate surface area is 258 Å². The van der Waals surface area contributed by atoms with Crippen LogP contribution >= 0.6 is 93.9 Å². The van der Waals surface area contributed by atoms with Gasteiger partial charge in [0.25, 0.3) is 0 Å². The van der Waals surface area contributed by atoms with E-state index in [1.54, 1.807) is 14.2 Å². The summed E-state index contributed by atoms with van der Waals surface area (Å²) in [5.41, 5.74) is 3.40. The van der Waals surface area contributed by atoms with Crippen LogP contribution in [0.25, 0.3) is 32.5 Å². The van der Waals surface area contributed by atoms with Crippen molar-refractivity contribution in [3.05, 3.63) is 72.2 Å². The van der Waals surface area contributed by atoms with Crippen LogP contribution in [0.3, 0.4) is 0 Å². The quantitative estimate of drug-likeness (QED) is 0.129. The number of rotatable bonds is 2. The molecule has 6 rings (SSSR count). The molecule has 0 spiro atoms. The molecule has 0 amide bonds. The average Bonchev–Trinajstić information content (AvgIpc) is 3.66. The van der Waals surface area contributed by atoms with Gasteiger partial charge in [-0.15, -0.1) is 11.3 Å². The third kappa shape index (κ3) is 7.02. The number of nitrogens with zero attached hydrogens (tertiary/aromatic N) is 4. The summed E-state index contributed by atoms with van der Waals surface area (Å²) >= 11 is 13.5. The fourth-order valence-electron chi connectivity index (χ4n) is 3.05. The van der Waals surface area contributed by atoms with E-state index in [1.807, 2.05) is 28.8 Å². The zero-order chi connectivity index (χ0) is 26.7. The van der Waals surface area contributed by atoms with Gasteiger partial charge in [-0.25, -0.2) is 8.78 Å². The van der Waals surface area contributed by atoms with Crippen LogP contribution in [-0.4, -0.2) is 35.9 Å². The predicted octanol–water partition coefficient (Wildman–Crippen LogP) is 9.97. The van der Waals surface area contributed by atoms with Crippen LogP contribution < -0.4 is 2.89 Å². The molecule has 0 fully saturated rings. The molecule has 0 aliphatic heterocycles. The maximum absolute atomic E-state index is 13.7. The molecule has 0 saturated heterocycles. The monoisotopic (exact) mass is 872 g/mol. The third-order valence-corrected chi connectivity index (χ3v) is 19.4. The molecule has 37 heavy (non-hydrogen) atoms. The van der Waals surface area contributed by atoms with Gasteiger partial charge in [0.15, 0.2) is 0 Å². The Morgan fingerprint density at radius 1 is 0.703 bits per heavy atom. The van der Waals surface area contributed by atoms with Crippen molar-refractivity contribution in [3.8, 4) is 10.4 Å². The van der Waals surface area contributed by atoms with Crippen LogP contribution in [0.5, 0.6) is 0 Å². The zero-order valence-electron chi connectivity index (χ0n) is 19.4. The number of benzene rings is 2. The van der Waals surface area contributed by atoms with Gasteiger partial charge in [0.2, 0.25) is 0 Å². The van der Waals surface area contributed by atoms with Crippen molar-refractivity contribution < 1.29 is 8.78 Å². The predicted molar refractivity (Wildman–Crippen MR) is 168 cm³/mol. The average molecular weight is 874 g/mol. The first-order valence-electron chi connectivity index (χ1n) is 10.5. The number of fused-ring (bicyclic) bond motifs is 2. The zero-order valence-corrected chi connectivity index (χ0v) is 30.3. The standard InChI is InChI=1S/C10H4BrFN2S2.C6HBr2FN2S.C4H3S.3CH3.Sn/c11-8-6(12)4-5(7-2-1-3-15-7)9-10(8)14-16-13-9;7-2-1-3(9)4(8)6-5(2)10-12-11-6;1-2-4-5-3-1;;;;/h1-4H;1H;1-3H;3*1H3;. The third-order valence-electron chi connectivity index (χ3n) is 4.87. The molecule has 0 bridgehead atoms. The molecular weight excluding hydrogens is 857 g/mol. The Bertz CT molecular complexity index is 1630. The van der Waals surface area contributed by atoms with E-state index in [1.165, 1.54) is 12.1 Å². The van der Waals surface area contributed by atoms with E-state index in [4.69, 9.17) is 0 Å². The van der Waals surface area contributed by atoms with Gasteiger partial charge in [0, 0.05) is 14.9 Å².